The van der Waals surface area contributed by atoms with Gasteiger partial charge in [-0.15, -0.1) is 0 Å². The Balaban J connectivity index is 1.43. The van der Waals surface area contributed by atoms with Gasteiger partial charge < -0.3 is 25.3 Å². The molecule has 0 radical (unpaired) electrons. The Labute approximate surface area is 208 Å². The van der Waals surface area contributed by atoms with Gasteiger partial charge in [0.05, 0.1) is 24.8 Å². The number of aryl methyl sites for hydroxylation is 1. The third-order valence-corrected chi connectivity index (χ3v) is 6.36. The Hall–Kier alpha value is -3.98. The quantitative estimate of drug-likeness (QED) is 0.371. The van der Waals surface area contributed by atoms with Crippen molar-refractivity contribution in [3.05, 3.63) is 71.1 Å². The van der Waals surface area contributed by atoms with E-state index in [1.54, 1.807) is 18.2 Å². The third-order valence-electron chi connectivity index (χ3n) is 6.36. The van der Waals surface area contributed by atoms with E-state index in [9.17, 15) is 14.4 Å². The van der Waals surface area contributed by atoms with Crippen molar-refractivity contribution in [2.75, 3.05) is 13.2 Å². The lowest BCUT2D eigenvalue weighted by Crippen LogP contribution is -2.35. The number of nitrogens with zero attached hydrogens (tertiary/aromatic N) is 1. The van der Waals surface area contributed by atoms with E-state index in [-0.39, 0.29) is 24.5 Å². The molecule has 0 saturated carbocycles. The lowest BCUT2D eigenvalue weighted by atomic mass is 9.85. The number of ether oxygens (including phenoxy) is 1. The molecule has 1 unspecified atom stereocenters. The van der Waals surface area contributed by atoms with Crippen molar-refractivity contribution in [3.8, 4) is 17.2 Å². The van der Waals surface area contributed by atoms with Crippen LogP contribution >= 0.6 is 0 Å². The number of carbonyl (C=O) groups excluding carboxylic acids is 2. The molecular formula is C27H29N3O6. The molecule has 9 heteroatoms. The van der Waals surface area contributed by atoms with Gasteiger partial charge in [0.2, 0.25) is 11.8 Å². The Kier molecular flexibility index (Phi) is 7.80. The summed E-state index contributed by atoms with van der Waals surface area (Å²) in [5, 5.41) is 12.0. The first kappa shape index (κ1) is 25.1. The molecule has 9 nitrogen and oxygen atoms in total. The van der Waals surface area contributed by atoms with Crippen molar-refractivity contribution >= 4 is 17.7 Å². The van der Waals surface area contributed by atoms with Gasteiger partial charge in [0.15, 0.2) is 5.78 Å². The Bertz CT molecular complexity index is 1250. The Morgan fingerprint density at radius 3 is 2.67 bits per heavy atom. The van der Waals surface area contributed by atoms with Crippen LogP contribution in [0.2, 0.25) is 0 Å². The molecule has 0 spiro atoms. The number of carboxylic acids is 1. The van der Waals surface area contributed by atoms with Gasteiger partial charge in [0, 0.05) is 29.9 Å². The molecule has 1 aliphatic heterocycles. The second-order valence-corrected chi connectivity index (χ2v) is 8.79. The van der Waals surface area contributed by atoms with Gasteiger partial charge in [-0.3, -0.25) is 14.4 Å². The summed E-state index contributed by atoms with van der Waals surface area (Å²) in [6, 6.07) is 14.2. The summed E-state index contributed by atoms with van der Waals surface area (Å²) >= 11 is 0. The summed E-state index contributed by atoms with van der Waals surface area (Å²) in [7, 11) is 0. The smallest absolute Gasteiger partial charge is 0.303 e. The van der Waals surface area contributed by atoms with Crippen LogP contribution in [0.5, 0.6) is 5.75 Å². The minimum atomic E-state index is -1.02. The van der Waals surface area contributed by atoms with E-state index in [1.165, 1.54) is 0 Å². The first-order valence-electron chi connectivity index (χ1n) is 11.9. The standard InChI is InChI=1S/C27H29N3O6/c1-16-22(30-27(36-16)17-5-3-2-4-6-17)12-14-35-18-7-8-19(21(15-18)26(28)34)20-11-13-29-25(20)23(31)9-10-24(32)33/h2-8,15,20,25,29H,9-14H2,1H3,(H2,28,34)(H,32,33)/t20?,25-/m0/s1. The van der Waals surface area contributed by atoms with Crippen molar-refractivity contribution < 1.29 is 28.6 Å². The number of Topliss-reactive ketones (excluding diaryl/α,β-unsaturated/α-hetero) is 1. The number of rotatable bonds is 11. The molecule has 4 rings (SSSR count). The molecule has 3 aromatic rings. The number of hydrogen-bond donors (Lipinski definition) is 3. The van der Waals surface area contributed by atoms with Crippen molar-refractivity contribution in [1.82, 2.24) is 10.3 Å². The van der Waals surface area contributed by atoms with Crippen LogP contribution in [-0.2, 0) is 16.0 Å². The van der Waals surface area contributed by atoms with Crippen LogP contribution in [0, 0.1) is 6.92 Å². The first-order chi connectivity index (χ1) is 17.3. The number of hydrogen-bond acceptors (Lipinski definition) is 7. The molecule has 188 valence electrons. The number of aromatic nitrogens is 1. The predicted molar refractivity (Wildman–Crippen MR) is 132 cm³/mol. The number of carboxylic acid groups (broad SMARTS) is 1. The third kappa shape index (κ3) is 5.80. The Morgan fingerprint density at radius 1 is 1.17 bits per heavy atom. The SMILES string of the molecule is Cc1oc(-c2ccccc2)nc1CCOc1ccc(C2CCN[C@@H]2C(=O)CCC(=O)O)c(C(N)=O)c1. The van der Waals surface area contributed by atoms with Crippen LogP contribution in [0.25, 0.3) is 11.5 Å². The number of ketones is 1. The molecule has 2 heterocycles. The van der Waals surface area contributed by atoms with E-state index < -0.39 is 17.9 Å². The molecule has 1 amide bonds. The average molecular weight is 492 g/mol. The molecule has 4 N–H and O–H groups in total. The number of nitrogens with two attached hydrogens (primary N) is 1. The highest BCUT2D eigenvalue weighted by molar-refractivity contribution is 5.96. The highest BCUT2D eigenvalue weighted by atomic mass is 16.5. The largest absolute Gasteiger partial charge is 0.493 e. The predicted octanol–water partition coefficient (Wildman–Crippen LogP) is 3.25. The number of benzene rings is 2. The second-order valence-electron chi connectivity index (χ2n) is 8.79. The average Bonchev–Trinajstić information content (AvgIpc) is 3.50. The number of nitrogens with one attached hydrogen (secondary N) is 1. The lowest BCUT2D eigenvalue weighted by Gasteiger charge is -2.21. The molecule has 2 aromatic carbocycles. The number of aliphatic carboxylic acids is 1. The van der Waals surface area contributed by atoms with Crippen LogP contribution in [0.4, 0.5) is 0 Å². The maximum atomic E-state index is 12.6. The van der Waals surface area contributed by atoms with E-state index in [0.29, 0.717) is 48.8 Å². The monoisotopic (exact) mass is 491 g/mol. The summed E-state index contributed by atoms with van der Waals surface area (Å²) < 4.78 is 11.7. The van der Waals surface area contributed by atoms with Crippen molar-refractivity contribution in [3.63, 3.8) is 0 Å². The minimum Gasteiger partial charge on any atom is -0.493 e. The van der Waals surface area contributed by atoms with Gasteiger partial charge in [-0.05, 0) is 49.7 Å². The van der Waals surface area contributed by atoms with Crippen LogP contribution in [0.3, 0.4) is 0 Å². The molecule has 1 aromatic heterocycles. The zero-order valence-electron chi connectivity index (χ0n) is 20.0. The van der Waals surface area contributed by atoms with Gasteiger partial charge in [-0.1, -0.05) is 24.3 Å². The van der Waals surface area contributed by atoms with Crippen molar-refractivity contribution in [2.45, 2.75) is 44.6 Å². The van der Waals surface area contributed by atoms with Crippen molar-refractivity contribution in [1.29, 1.82) is 0 Å². The Morgan fingerprint density at radius 2 is 1.94 bits per heavy atom. The minimum absolute atomic E-state index is 0.0654. The summed E-state index contributed by atoms with van der Waals surface area (Å²) in [6.07, 6.45) is 0.864. The van der Waals surface area contributed by atoms with Crippen molar-refractivity contribution in [2.24, 2.45) is 5.73 Å². The van der Waals surface area contributed by atoms with E-state index >= 15 is 0 Å². The summed E-state index contributed by atoms with van der Waals surface area (Å²) in [6.45, 7) is 2.77. The fourth-order valence-electron chi connectivity index (χ4n) is 4.55. The molecule has 2 atom stereocenters. The molecule has 0 bridgehead atoms. The van der Waals surface area contributed by atoms with Crippen LogP contribution < -0.4 is 15.8 Å². The normalized spacial score (nSPS) is 17.1. The zero-order valence-corrected chi connectivity index (χ0v) is 20.0. The molecule has 1 fully saturated rings. The van der Waals surface area contributed by atoms with Gasteiger partial charge in [0.1, 0.15) is 11.5 Å². The highest BCUT2D eigenvalue weighted by Crippen LogP contribution is 2.33. The molecule has 1 saturated heterocycles. The van der Waals surface area contributed by atoms with Crippen LogP contribution in [0.15, 0.2) is 52.9 Å². The fourth-order valence-corrected chi connectivity index (χ4v) is 4.55. The molecule has 36 heavy (non-hydrogen) atoms. The highest BCUT2D eigenvalue weighted by Gasteiger charge is 2.35. The molecule has 1 aliphatic rings. The molecule has 0 aliphatic carbocycles. The van der Waals surface area contributed by atoms with Gasteiger partial charge >= 0.3 is 5.97 Å². The number of carbonyl (C=O) groups is 3. The van der Waals surface area contributed by atoms with E-state index in [1.807, 2.05) is 37.3 Å². The topological polar surface area (TPSA) is 145 Å². The molecular weight excluding hydrogens is 462 g/mol. The number of amides is 1. The maximum absolute atomic E-state index is 12.6. The van der Waals surface area contributed by atoms with E-state index in [0.717, 1.165) is 17.0 Å². The van der Waals surface area contributed by atoms with E-state index in [4.69, 9.17) is 20.0 Å². The van der Waals surface area contributed by atoms with Crippen LogP contribution in [0.1, 0.15) is 52.6 Å². The van der Waals surface area contributed by atoms with Gasteiger partial charge in [0.25, 0.3) is 0 Å². The lowest BCUT2D eigenvalue weighted by molar-refractivity contribution is -0.138. The number of oxazole rings is 1. The van der Waals surface area contributed by atoms with Gasteiger partial charge in [-0.25, -0.2) is 4.98 Å². The van der Waals surface area contributed by atoms with Crippen LogP contribution in [-0.4, -0.2) is 46.9 Å². The van der Waals surface area contributed by atoms with Gasteiger partial charge in [-0.2, -0.15) is 0 Å². The summed E-state index contributed by atoms with van der Waals surface area (Å²) in [4.78, 5) is 40.3. The maximum Gasteiger partial charge on any atom is 0.303 e. The first-order valence-corrected chi connectivity index (χ1v) is 11.9. The second kappa shape index (κ2) is 11.2. The summed E-state index contributed by atoms with van der Waals surface area (Å²) in [5.41, 5.74) is 8.31. The zero-order chi connectivity index (χ0) is 25.7. The fraction of sp³-hybridized carbons (Fsp3) is 0.333. The van der Waals surface area contributed by atoms with E-state index in [2.05, 4.69) is 10.3 Å². The summed E-state index contributed by atoms with van der Waals surface area (Å²) in [5.74, 6) is -0.324. The number of primary amides is 1.